The Morgan fingerprint density at radius 1 is 1.55 bits per heavy atom. The predicted octanol–water partition coefficient (Wildman–Crippen LogP) is 1.45. The smallest absolute Gasteiger partial charge is 0.0517 e. The highest BCUT2D eigenvalue weighted by molar-refractivity contribution is 5.13. The molecule has 0 unspecified atom stereocenters. The first kappa shape index (κ1) is 8.21. The number of nitrogens with zero attached hydrogens (tertiary/aromatic N) is 1. The minimum Gasteiger partial charge on any atom is -0.384 e. The van der Waals surface area contributed by atoms with E-state index in [1.807, 2.05) is 18.2 Å². The van der Waals surface area contributed by atoms with Crippen LogP contribution in [0.3, 0.4) is 0 Å². The second kappa shape index (κ2) is 4.09. The van der Waals surface area contributed by atoms with Gasteiger partial charge in [-0.25, -0.2) is 0 Å². The van der Waals surface area contributed by atoms with E-state index in [0.29, 0.717) is 0 Å². The highest BCUT2D eigenvalue weighted by Crippen LogP contribution is 1.98. The van der Waals surface area contributed by atoms with Gasteiger partial charge in [-0.2, -0.15) is 0 Å². The van der Waals surface area contributed by atoms with Crippen molar-refractivity contribution in [3.8, 4) is 0 Å². The van der Waals surface area contributed by atoms with E-state index in [1.54, 1.807) is 7.11 Å². The van der Waals surface area contributed by atoms with Gasteiger partial charge in [0.15, 0.2) is 0 Å². The Hall–Kier alpha value is -0.890. The number of ether oxygens (including phenoxy) is 1. The molecule has 0 aliphatic carbocycles. The van der Waals surface area contributed by atoms with Crippen molar-refractivity contribution in [2.75, 3.05) is 13.7 Å². The van der Waals surface area contributed by atoms with Crippen LogP contribution in [0.15, 0.2) is 18.2 Å². The molecule has 0 aliphatic heterocycles. The number of aromatic nitrogens is 1. The number of hydrogen-bond donors (Lipinski definition) is 0. The van der Waals surface area contributed by atoms with Crippen LogP contribution in [0.25, 0.3) is 0 Å². The molecular formula is C9H12NO. The van der Waals surface area contributed by atoms with E-state index in [0.717, 1.165) is 24.4 Å². The van der Waals surface area contributed by atoms with Gasteiger partial charge in [-0.05, 0) is 19.1 Å². The first-order valence-electron chi connectivity index (χ1n) is 3.60. The Morgan fingerprint density at radius 3 is 3.00 bits per heavy atom. The molecule has 0 saturated heterocycles. The summed E-state index contributed by atoms with van der Waals surface area (Å²) in [5, 5.41) is 0. The van der Waals surface area contributed by atoms with Gasteiger partial charge in [0.1, 0.15) is 0 Å². The molecule has 1 aromatic rings. The molecule has 59 valence electrons. The standard InChI is InChI=1S/C9H12NO/c1-8-4-3-5-9(10-8)6-7-11-2/h3-5H,1,6-7H2,2H3. The topological polar surface area (TPSA) is 22.1 Å². The van der Waals surface area contributed by atoms with Gasteiger partial charge in [0.2, 0.25) is 0 Å². The number of methoxy groups -OCH3 is 1. The fourth-order valence-corrected chi connectivity index (χ4v) is 0.875. The Labute approximate surface area is 67.2 Å². The van der Waals surface area contributed by atoms with Gasteiger partial charge >= 0.3 is 0 Å². The summed E-state index contributed by atoms with van der Waals surface area (Å²) in [6.07, 6.45) is 0.861. The highest BCUT2D eigenvalue weighted by Gasteiger charge is 1.92. The fourth-order valence-electron chi connectivity index (χ4n) is 0.875. The van der Waals surface area contributed by atoms with Crippen LogP contribution in [0.1, 0.15) is 11.4 Å². The summed E-state index contributed by atoms with van der Waals surface area (Å²) in [6.45, 7) is 4.46. The molecule has 1 radical (unpaired) electrons. The Kier molecular flexibility index (Phi) is 3.05. The SMILES string of the molecule is [CH2]c1cccc(CCOC)n1. The summed E-state index contributed by atoms with van der Waals surface area (Å²) in [7, 11) is 1.69. The maximum absolute atomic E-state index is 4.93. The van der Waals surface area contributed by atoms with Crippen LogP contribution in [0, 0.1) is 6.92 Å². The fraction of sp³-hybridized carbons (Fsp3) is 0.333. The molecule has 0 spiro atoms. The minimum absolute atomic E-state index is 0.719. The maximum atomic E-state index is 4.93. The molecule has 2 heteroatoms. The van der Waals surface area contributed by atoms with Crippen LogP contribution in [0.4, 0.5) is 0 Å². The summed E-state index contributed by atoms with van der Waals surface area (Å²) in [6, 6.07) is 5.82. The third-order valence-electron chi connectivity index (χ3n) is 1.43. The van der Waals surface area contributed by atoms with Crippen molar-refractivity contribution in [1.29, 1.82) is 0 Å². The van der Waals surface area contributed by atoms with Gasteiger partial charge in [-0.3, -0.25) is 4.98 Å². The van der Waals surface area contributed by atoms with E-state index in [4.69, 9.17) is 4.74 Å². The van der Waals surface area contributed by atoms with Gasteiger partial charge in [0, 0.05) is 24.9 Å². The van der Waals surface area contributed by atoms with Gasteiger partial charge in [0.05, 0.1) is 6.61 Å². The van der Waals surface area contributed by atoms with Crippen LogP contribution >= 0.6 is 0 Å². The van der Waals surface area contributed by atoms with Crippen LogP contribution in [-0.4, -0.2) is 18.7 Å². The van der Waals surface area contributed by atoms with E-state index >= 15 is 0 Å². The molecular weight excluding hydrogens is 138 g/mol. The third-order valence-corrected chi connectivity index (χ3v) is 1.43. The zero-order chi connectivity index (χ0) is 8.10. The number of pyridine rings is 1. The molecule has 0 N–H and O–H groups in total. The summed E-state index contributed by atoms with van der Waals surface area (Å²) in [5.74, 6) is 0. The second-order valence-electron chi connectivity index (χ2n) is 2.36. The lowest BCUT2D eigenvalue weighted by molar-refractivity contribution is 0.201. The number of rotatable bonds is 3. The number of hydrogen-bond acceptors (Lipinski definition) is 2. The summed E-state index contributed by atoms with van der Waals surface area (Å²) in [5.41, 5.74) is 1.86. The maximum Gasteiger partial charge on any atom is 0.0517 e. The third kappa shape index (κ3) is 2.68. The molecule has 1 aromatic heterocycles. The molecule has 11 heavy (non-hydrogen) atoms. The lowest BCUT2D eigenvalue weighted by Crippen LogP contribution is -1.97. The first-order valence-corrected chi connectivity index (χ1v) is 3.60. The van der Waals surface area contributed by atoms with E-state index in [-0.39, 0.29) is 0 Å². The Balaban J connectivity index is 2.56. The highest BCUT2D eigenvalue weighted by atomic mass is 16.5. The lowest BCUT2D eigenvalue weighted by Gasteiger charge is -1.99. The van der Waals surface area contributed by atoms with E-state index in [9.17, 15) is 0 Å². The largest absolute Gasteiger partial charge is 0.384 e. The van der Waals surface area contributed by atoms with Gasteiger partial charge in [0.25, 0.3) is 0 Å². The second-order valence-corrected chi connectivity index (χ2v) is 2.36. The summed E-state index contributed by atoms with van der Waals surface area (Å²) < 4.78 is 4.93. The van der Waals surface area contributed by atoms with Crippen molar-refractivity contribution in [3.05, 3.63) is 36.5 Å². The molecule has 0 aromatic carbocycles. The van der Waals surface area contributed by atoms with Crippen LogP contribution in [0.5, 0.6) is 0 Å². The van der Waals surface area contributed by atoms with Gasteiger partial charge < -0.3 is 4.74 Å². The Morgan fingerprint density at radius 2 is 2.36 bits per heavy atom. The average molecular weight is 150 g/mol. The van der Waals surface area contributed by atoms with E-state index < -0.39 is 0 Å². The van der Waals surface area contributed by atoms with Gasteiger partial charge in [-0.15, -0.1) is 0 Å². The van der Waals surface area contributed by atoms with Crippen molar-refractivity contribution in [3.63, 3.8) is 0 Å². The van der Waals surface area contributed by atoms with Gasteiger partial charge in [-0.1, -0.05) is 6.07 Å². The summed E-state index contributed by atoms with van der Waals surface area (Å²) >= 11 is 0. The lowest BCUT2D eigenvalue weighted by atomic mass is 10.2. The first-order chi connectivity index (χ1) is 5.33. The molecule has 0 fully saturated rings. The Bertz CT molecular complexity index is 223. The monoisotopic (exact) mass is 150 g/mol. The normalized spacial score (nSPS) is 10.0. The van der Waals surface area contributed by atoms with Crippen LogP contribution in [-0.2, 0) is 11.2 Å². The molecule has 0 amide bonds. The zero-order valence-corrected chi connectivity index (χ0v) is 6.71. The molecule has 1 heterocycles. The van der Waals surface area contributed by atoms with Crippen LogP contribution < -0.4 is 0 Å². The van der Waals surface area contributed by atoms with Crippen molar-refractivity contribution in [2.24, 2.45) is 0 Å². The molecule has 0 bridgehead atoms. The van der Waals surface area contributed by atoms with Crippen molar-refractivity contribution in [2.45, 2.75) is 6.42 Å². The molecule has 1 rings (SSSR count). The molecule has 2 nitrogen and oxygen atoms in total. The molecule has 0 aliphatic rings. The van der Waals surface area contributed by atoms with Crippen LogP contribution in [0.2, 0.25) is 0 Å². The predicted molar refractivity (Wildman–Crippen MR) is 44.3 cm³/mol. The van der Waals surface area contributed by atoms with E-state index in [1.165, 1.54) is 0 Å². The zero-order valence-electron chi connectivity index (χ0n) is 6.71. The van der Waals surface area contributed by atoms with Crippen molar-refractivity contribution >= 4 is 0 Å². The van der Waals surface area contributed by atoms with Crippen molar-refractivity contribution in [1.82, 2.24) is 4.98 Å². The van der Waals surface area contributed by atoms with Crippen molar-refractivity contribution < 1.29 is 4.74 Å². The minimum atomic E-state index is 0.719. The average Bonchev–Trinajstić information content (AvgIpc) is 2.01. The summed E-state index contributed by atoms with van der Waals surface area (Å²) in [4.78, 5) is 4.22. The molecule has 0 atom stereocenters. The quantitative estimate of drug-likeness (QED) is 0.650. The molecule has 0 saturated carbocycles. The van der Waals surface area contributed by atoms with E-state index in [2.05, 4.69) is 11.9 Å².